The van der Waals surface area contributed by atoms with Crippen LogP contribution in [0.15, 0.2) is 52.4 Å². The number of benzene rings is 2. The van der Waals surface area contributed by atoms with Crippen LogP contribution in [0.2, 0.25) is 0 Å². The third kappa shape index (κ3) is 4.96. The Labute approximate surface area is 198 Å². The van der Waals surface area contributed by atoms with Crippen LogP contribution in [0.25, 0.3) is 10.2 Å². The fourth-order valence-corrected chi connectivity index (χ4v) is 6.34. The fraction of sp³-hybridized carbons (Fsp3) is 0.417. The Morgan fingerprint density at radius 1 is 1.12 bits per heavy atom. The first-order valence-electron chi connectivity index (χ1n) is 11.2. The Balaban J connectivity index is 1.65. The average molecular weight is 488 g/mol. The normalized spacial score (nSPS) is 16.1. The molecule has 2 heterocycles. The molecule has 1 fully saturated rings. The minimum Gasteiger partial charge on any atom is -0.379 e. The van der Waals surface area contributed by atoms with Gasteiger partial charge in [0.2, 0.25) is 10.0 Å². The molecule has 0 radical (unpaired) electrons. The minimum atomic E-state index is -3.60. The lowest BCUT2D eigenvalue weighted by Gasteiger charge is -2.26. The molecule has 0 atom stereocenters. The van der Waals surface area contributed by atoms with E-state index in [-0.39, 0.29) is 10.8 Å². The molecule has 0 aliphatic carbocycles. The van der Waals surface area contributed by atoms with Crippen molar-refractivity contribution in [3.63, 3.8) is 0 Å². The summed E-state index contributed by atoms with van der Waals surface area (Å²) in [4.78, 5) is 18.2. The number of rotatable bonds is 6. The number of fused-ring (bicyclic) bond motifs is 1. The van der Waals surface area contributed by atoms with Gasteiger partial charge < -0.3 is 9.30 Å². The Morgan fingerprint density at radius 2 is 1.82 bits per heavy atom. The van der Waals surface area contributed by atoms with Crippen molar-refractivity contribution in [1.29, 1.82) is 0 Å². The number of carbonyl (C=O) groups is 1. The summed E-state index contributed by atoms with van der Waals surface area (Å²) in [6.45, 7) is 8.63. The van der Waals surface area contributed by atoms with E-state index in [1.807, 2.05) is 0 Å². The molecule has 1 aliphatic rings. The second kappa shape index (κ2) is 9.89. The van der Waals surface area contributed by atoms with Gasteiger partial charge in [-0.3, -0.25) is 4.79 Å². The first-order chi connectivity index (χ1) is 15.8. The Bertz CT molecular complexity index is 1320. The summed E-state index contributed by atoms with van der Waals surface area (Å²) >= 11 is 1.51. The first kappa shape index (κ1) is 23.8. The molecule has 9 heteroatoms. The van der Waals surface area contributed by atoms with Crippen LogP contribution in [0.5, 0.6) is 0 Å². The van der Waals surface area contributed by atoms with E-state index < -0.39 is 10.0 Å². The quantitative estimate of drug-likeness (QED) is 0.526. The van der Waals surface area contributed by atoms with Crippen LogP contribution in [0.3, 0.4) is 0 Å². The largest absolute Gasteiger partial charge is 0.379 e. The first-order valence-corrected chi connectivity index (χ1v) is 13.5. The lowest BCUT2D eigenvalue weighted by Crippen LogP contribution is -2.40. The number of nitrogens with zero attached hydrogens (tertiary/aromatic N) is 3. The predicted molar refractivity (Wildman–Crippen MR) is 130 cm³/mol. The Hall–Kier alpha value is -2.33. The molecule has 1 amide bonds. The molecule has 3 aromatic rings. The molecule has 1 aromatic heterocycles. The van der Waals surface area contributed by atoms with E-state index in [1.54, 1.807) is 0 Å². The third-order valence-electron chi connectivity index (χ3n) is 5.73. The van der Waals surface area contributed by atoms with Crippen molar-refractivity contribution in [2.75, 3.05) is 26.3 Å². The number of carbonyl (C=O) groups excluding carboxylic acids is 1. The molecule has 1 saturated heterocycles. The second-order valence-electron chi connectivity index (χ2n) is 8.38. The van der Waals surface area contributed by atoms with Crippen molar-refractivity contribution in [1.82, 2.24) is 8.87 Å². The second-order valence-corrected chi connectivity index (χ2v) is 11.3. The Kier molecular flexibility index (Phi) is 7.13. The van der Waals surface area contributed by atoms with Gasteiger partial charge in [0, 0.05) is 25.2 Å². The zero-order valence-electron chi connectivity index (χ0n) is 19.2. The Morgan fingerprint density at radius 3 is 2.45 bits per heavy atom. The van der Waals surface area contributed by atoms with Gasteiger partial charge in [-0.1, -0.05) is 38.2 Å². The number of aryl methyl sites for hydroxylation is 1. The van der Waals surface area contributed by atoms with Gasteiger partial charge in [-0.25, -0.2) is 8.42 Å². The van der Waals surface area contributed by atoms with Crippen LogP contribution in [-0.2, 0) is 21.3 Å². The van der Waals surface area contributed by atoms with Gasteiger partial charge in [0.1, 0.15) is 0 Å². The van der Waals surface area contributed by atoms with Crippen LogP contribution in [0, 0.1) is 0 Å². The van der Waals surface area contributed by atoms with Crippen molar-refractivity contribution in [3.8, 4) is 0 Å². The highest BCUT2D eigenvalue weighted by Crippen LogP contribution is 2.24. The molecular formula is C24H29N3O4S2. The molecule has 176 valence electrons. The van der Waals surface area contributed by atoms with Crippen LogP contribution < -0.4 is 4.80 Å². The lowest BCUT2D eigenvalue weighted by atomic mass is 10.0. The van der Waals surface area contributed by atoms with E-state index in [0.29, 0.717) is 42.6 Å². The highest BCUT2D eigenvalue weighted by Gasteiger charge is 2.26. The topological polar surface area (TPSA) is 81.0 Å². The van der Waals surface area contributed by atoms with Gasteiger partial charge in [0.15, 0.2) is 4.80 Å². The number of sulfonamides is 1. The summed E-state index contributed by atoms with van der Waals surface area (Å²) in [5.74, 6) is 0.0382. The summed E-state index contributed by atoms with van der Waals surface area (Å²) in [5.41, 5.74) is 2.69. The minimum absolute atomic E-state index is 0.171. The molecule has 4 rings (SSSR count). The molecule has 0 bridgehead atoms. The van der Waals surface area contributed by atoms with Crippen molar-refractivity contribution in [2.24, 2.45) is 4.99 Å². The molecule has 0 spiro atoms. The van der Waals surface area contributed by atoms with Crippen molar-refractivity contribution in [2.45, 2.75) is 44.6 Å². The van der Waals surface area contributed by atoms with E-state index in [2.05, 4.69) is 48.5 Å². The smallest absolute Gasteiger partial charge is 0.279 e. The summed E-state index contributed by atoms with van der Waals surface area (Å²) < 4.78 is 35.5. The number of amides is 1. The average Bonchev–Trinajstić information content (AvgIpc) is 3.16. The highest BCUT2D eigenvalue weighted by atomic mass is 32.2. The van der Waals surface area contributed by atoms with Crippen molar-refractivity contribution >= 4 is 37.5 Å². The molecule has 1 aliphatic heterocycles. The molecular weight excluding hydrogens is 458 g/mol. The summed E-state index contributed by atoms with van der Waals surface area (Å²) in [6, 6.07) is 12.4. The summed E-state index contributed by atoms with van der Waals surface area (Å²) in [6.07, 6.45) is 0.924. The monoisotopic (exact) mass is 487 g/mol. The fourth-order valence-electron chi connectivity index (χ4n) is 3.83. The zero-order chi connectivity index (χ0) is 23.6. The highest BCUT2D eigenvalue weighted by molar-refractivity contribution is 7.89. The SMILES string of the molecule is CCCn1c(=NC(=O)c2ccc(S(=O)(=O)N3CCOCC3)cc2)sc2cc(C(C)C)ccc21. The van der Waals surface area contributed by atoms with Crippen LogP contribution in [0.1, 0.15) is 49.0 Å². The van der Waals surface area contributed by atoms with Crippen LogP contribution in [-0.4, -0.2) is 49.5 Å². The molecule has 0 unspecified atom stereocenters. The predicted octanol–water partition coefficient (Wildman–Crippen LogP) is 4.00. The molecule has 33 heavy (non-hydrogen) atoms. The van der Waals surface area contributed by atoms with Gasteiger partial charge in [-0.05, 0) is 54.3 Å². The standard InChI is InChI=1S/C24H29N3O4S2/c1-4-11-27-21-10-7-19(17(2)3)16-22(21)32-24(27)25-23(28)18-5-8-20(9-6-18)33(29,30)26-12-14-31-15-13-26/h5-10,16-17H,4,11-15H2,1-3H3. The maximum Gasteiger partial charge on any atom is 0.279 e. The van der Waals surface area contributed by atoms with Crippen LogP contribution >= 0.6 is 11.3 Å². The lowest BCUT2D eigenvalue weighted by molar-refractivity contribution is 0.0730. The number of ether oxygens (including phenoxy) is 1. The van der Waals surface area contributed by atoms with E-state index in [9.17, 15) is 13.2 Å². The van der Waals surface area contributed by atoms with Gasteiger partial charge in [0.05, 0.1) is 28.3 Å². The van der Waals surface area contributed by atoms with E-state index in [4.69, 9.17) is 4.74 Å². The molecule has 0 N–H and O–H groups in total. The van der Waals surface area contributed by atoms with E-state index in [0.717, 1.165) is 23.2 Å². The number of hydrogen-bond donors (Lipinski definition) is 0. The number of hydrogen-bond acceptors (Lipinski definition) is 5. The number of thiazole rings is 1. The number of morpholine rings is 1. The van der Waals surface area contributed by atoms with Crippen molar-refractivity contribution < 1.29 is 17.9 Å². The van der Waals surface area contributed by atoms with Gasteiger partial charge in [-0.2, -0.15) is 9.30 Å². The van der Waals surface area contributed by atoms with Crippen molar-refractivity contribution in [3.05, 3.63) is 58.4 Å². The maximum absolute atomic E-state index is 12.9. The zero-order valence-corrected chi connectivity index (χ0v) is 20.8. The van der Waals surface area contributed by atoms with E-state index in [1.165, 1.54) is 45.5 Å². The third-order valence-corrected chi connectivity index (χ3v) is 8.68. The summed E-state index contributed by atoms with van der Waals surface area (Å²) in [5, 5.41) is 0. The number of aromatic nitrogens is 1. The molecule has 2 aromatic carbocycles. The molecule has 0 saturated carbocycles. The van der Waals surface area contributed by atoms with Crippen LogP contribution in [0.4, 0.5) is 0 Å². The summed E-state index contributed by atoms with van der Waals surface area (Å²) in [7, 11) is -3.60. The maximum atomic E-state index is 12.9. The van der Waals surface area contributed by atoms with Gasteiger partial charge >= 0.3 is 0 Å². The van der Waals surface area contributed by atoms with Gasteiger partial charge in [0.25, 0.3) is 5.91 Å². The van der Waals surface area contributed by atoms with Gasteiger partial charge in [-0.15, -0.1) is 0 Å². The molecule has 7 nitrogen and oxygen atoms in total. The van der Waals surface area contributed by atoms with E-state index >= 15 is 0 Å².